The van der Waals surface area contributed by atoms with Crippen LogP contribution in [0.3, 0.4) is 0 Å². The van der Waals surface area contributed by atoms with Crippen molar-refractivity contribution in [3.63, 3.8) is 0 Å². The van der Waals surface area contributed by atoms with Gasteiger partial charge in [-0.25, -0.2) is 24.9 Å². The highest BCUT2D eigenvalue weighted by Gasteiger charge is 2.31. The summed E-state index contributed by atoms with van der Waals surface area (Å²) in [5.41, 5.74) is 15.4. The zero-order valence-corrected chi connectivity index (χ0v) is 74.8. The molecule has 3 amide bonds. The van der Waals surface area contributed by atoms with Crippen LogP contribution in [0.2, 0.25) is 0 Å². The van der Waals surface area contributed by atoms with Gasteiger partial charge in [0.1, 0.15) is 25.4 Å². The molecule has 6 heterocycles. The van der Waals surface area contributed by atoms with E-state index in [1.165, 1.54) is 34.3 Å². The monoisotopic (exact) mass is 1730 g/mol. The number of nitrogens with one attached hydrogen (secondary N) is 8. The number of rotatable bonds is 29. The number of carbonyl (C=O) groups excluding carboxylic acids is 3. The van der Waals surface area contributed by atoms with E-state index in [-0.39, 0.29) is 55.0 Å². The minimum atomic E-state index is -4.34. The molecular formula is C99H114F3N21O5. The molecule has 0 saturated heterocycles. The molecule has 0 fully saturated rings. The molecule has 0 aliphatic carbocycles. The Balaban J connectivity index is 0.000000145. The number of anilines is 6. The molecule has 0 spiro atoms. The van der Waals surface area contributed by atoms with Crippen molar-refractivity contribution < 1.29 is 36.8 Å². The van der Waals surface area contributed by atoms with Crippen LogP contribution in [-0.2, 0) is 86.0 Å². The second-order valence-corrected chi connectivity index (χ2v) is 33.5. The highest BCUT2D eigenvalue weighted by Crippen LogP contribution is 2.32. The summed E-state index contributed by atoms with van der Waals surface area (Å²) >= 11 is 0. The number of hydrogen-bond donors (Lipinski definition) is 8. The van der Waals surface area contributed by atoms with Crippen molar-refractivity contribution in [2.45, 2.75) is 138 Å². The number of carbonyl (C=O) groups is 3. The number of nitrogens with zero attached hydrogens (tertiary/aromatic N) is 13. The molecular weight excluding hydrogens is 1620 g/mol. The van der Waals surface area contributed by atoms with Crippen LogP contribution in [0.1, 0.15) is 86.2 Å². The first kappa shape index (κ1) is 92.9. The number of imidazole rings is 5. The highest BCUT2D eigenvalue weighted by atomic mass is 19.4. The largest absolute Gasteiger partial charge is 0.496 e. The van der Waals surface area contributed by atoms with Crippen molar-refractivity contribution in [2.75, 3.05) is 80.3 Å². The molecule has 0 saturated carbocycles. The number of likely N-dealkylation sites (N-methyl/N-ethyl adjacent to an activating group) is 2. The molecule has 0 atom stereocenters. The second-order valence-electron chi connectivity index (χ2n) is 33.5. The van der Waals surface area contributed by atoms with E-state index in [9.17, 15) is 27.6 Å². The Labute approximate surface area is 744 Å². The van der Waals surface area contributed by atoms with Crippen molar-refractivity contribution in [3.8, 4) is 5.75 Å². The van der Waals surface area contributed by atoms with E-state index in [1.807, 2.05) is 245 Å². The highest BCUT2D eigenvalue weighted by molar-refractivity contribution is 5.91. The molecule has 26 nitrogen and oxygen atoms in total. The smallest absolute Gasteiger partial charge is 0.416 e. The van der Waals surface area contributed by atoms with Crippen molar-refractivity contribution in [2.24, 2.45) is 0 Å². The van der Waals surface area contributed by atoms with Crippen molar-refractivity contribution in [3.05, 3.63) is 305 Å². The topological polar surface area (TPSA) is 278 Å². The molecule has 6 aromatic heterocycles. The van der Waals surface area contributed by atoms with E-state index in [0.717, 1.165) is 111 Å². The summed E-state index contributed by atoms with van der Waals surface area (Å²) in [5, 5.41) is 29.2. The third-order valence-corrected chi connectivity index (χ3v) is 20.1. The summed E-state index contributed by atoms with van der Waals surface area (Å²) < 4.78 is 59.1. The molecule has 8 N–H and O–H groups in total. The predicted octanol–water partition coefficient (Wildman–Crippen LogP) is 18.5. The Morgan fingerprint density at radius 1 is 0.383 bits per heavy atom. The van der Waals surface area contributed by atoms with Crippen LogP contribution in [0.5, 0.6) is 5.75 Å². The van der Waals surface area contributed by atoms with Gasteiger partial charge in [-0.3, -0.25) is 19.7 Å². The molecule has 0 unspecified atom stereocenters. The number of amides is 3. The Bertz CT molecular complexity index is 6320. The first-order valence-electron chi connectivity index (χ1n) is 42.5. The van der Waals surface area contributed by atoms with Crippen LogP contribution in [0.4, 0.5) is 48.8 Å². The molecule has 16 rings (SSSR count). The number of halogens is 3. The quantitative estimate of drug-likeness (QED) is 0.0216. The SMILES string of the molecule is CC(C)(C)NC(=O)Cn1c(NCc2ccccc2)nc2ccccc21.CN(C)CCn1c(NCc2cccc(C(F)(F)F)c2)nc2ccccc21.COc1ccccc1CNc1nc2ccccc2n1CC(=O)NC(C)(C)C.Cc1cc(NC(=O)Cn2c(NCc3ccccc3)nc3ccccc32)on1.Cc1cccc(CNc2nc3ccccc3n2CCN(C)C)c1. The van der Waals surface area contributed by atoms with Gasteiger partial charge in [-0.2, -0.15) is 13.2 Å². The van der Waals surface area contributed by atoms with Gasteiger partial charge in [-0.1, -0.05) is 187 Å². The summed E-state index contributed by atoms with van der Waals surface area (Å²) in [6.07, 6.45) is -4.34. The van der Waals surface area contributed by atoms with Crippen LogP contribution in [0.25, 0.3) is 55.2 Å². The van der Waals surface area contributed by atoms with E-state index >= 15 is 0 Å². The lowest BCUT2D eigenvalue weighted by Gasteiger charge is -2.21. The standard InChI is InChI=1S/C21H26N4O2.C20H19N5O2.C20H24N4O.C19H21F3N4.C19H24N4/c1-21(2,3)24-19(26)14-25-17-11-7-6-10-16(17)23-20(25)22-13-15-9-5-8-12-18(15)27-4;1-14-11-19(27-24-14)23-18(26)13-25-17-10-6-5-9-16(17)22-20(25)21-12-15-7-3-2-4-8-15;1-20(2,3)23-18(25)14-24-17-12-8-7-11-16(17)22-19(24)21-13-15-9-5-4-6-10-15;1-25(2)10-11-26-17-9-4-3-8-16(17)24-18(26)23-13-14-6-5-7-15(12-14)19(20,21)22;1-15-7-6-8-16(13-15)14-20-19-21-17-9-4-5-10-18(17)23(19)12-11-22(2)3/h5-12H,13-14H2,1-4H3,(H,22,23)(H,24,26);2-11H,12-13H2,1H3,(H,21,22)(H,23,26);4-12H,13-14H2,1-3H3,(H,21,22)(H,23,25);3-9,12H,10-11,13H2,1-2H3,(H,23,24);4-10,13H,11-12,14H2,1-3H3,(H,20,21). The second kappa shape index (κ2) is 43.5. The van der Waals surface area contributed by atoms with Gasteiger partial charge in [0.2, 0.25) is 53.3 Å². The zero-order chi connectivity index (χ0) is 90.9. The fourth-order valence-electron chi connectivity index (χ4n) is 14.2. The minimum Gasteiger partial charge on any atom is -0.496 e. The average Bonchev–Trinajstić information content (AvgIpc) is 1.68. The van der Waals surface area contributed by atoms with Crippen LogP contribution < -0.4 is 47.3 Å². The number of hydrogen-bond acceptors (Lipinski definition) is 18. The van der Waals surface area contributed by atoms with Crippen molar-refractivity contribution in [1.29, 1.82) is 0 Å². The Kier molecular flexibility index (Phi) is 31.6. The Morgan fingerprint density at radius 3 is 1.09 bits per heavy atom. The number of benzene rings is 10. The van der Waals surface area contributed by atoms with Crippen molar-refractivity contribution >= 4 is 109 Å². The maximum atomic E-state index is 12.9. The molecule has 0 aliphatic heterocycles. The van der Waals surface area contributed by atoms with E-state index in [4.69, 9.17) is 14.2 Å². The molecule has 0 bridgehead atoms. The van der Waals surface area contributed by atoms with Gasteiger partial charge in [-0.15, -0.1) is 0 Å². The van der Waals surface area contributed by atoms with Crippen molar-refractivity contribution in [1.82, 2.24) is 73.3 Å². The number of aryl methyl sites for hydroxylation is 2. The van der Waals surface area contributed by atoms with Crippen LogP contribution in [-0.4, -0.2) is 140 Å². The van der Waals surface area contributed by atoms with Gasteiger partial charge < -0.3 is 79.1 Å². The lowest BCUT2D eigenvalue weighted by Crippen LogP contribution is -2.42. The maximum Gasteiger partial charge on any atom is 0.416 e. The first-order chi connectivity index (χ1) is 61.5. The normalized spacial score (nSPS) is 11.4. The minimum absolute atomic E-state index is 0.0292. The number of fused-ring (bicyclic) bond motifs is 5. The predicted molar refractivity (Wildman–Crippen MR) is 507 cm³/mol. The number of aromatic nitrogens is 11. The number of para-hydroxylation sites is 11. The summed E-state index contributed by atoms with van der Waals surface area (Å²) in [7, 11) is 9.84. The van der Waals surface area contributed by atoms with Gasteiger partial charge in [0.15, 0.2) is 0 Å². The molecule has 128 heavy (non-hydrogen) atoms. The summed E-state index contributed by atoms with van der Waals surface area (Å²) in [5.74, 6) is 4.46. The fraction of sp³-hybridized carbons (Fsp3) is 0.283. The first-order valence-corrected chi connectivity index (χ1v) is 42.5. The lowest BCUT2D eigenvalue weighted by molar-refractivity contribution is -0.137. The van der Waals surface area contributed by atoms with E-state index in [2.05, 4.69) is 162 Å². The van der Waals surface area contributed by atoms with Crippen LogP contribution in [0.15, 0.2) is 265 Å². The molecule has 0 aliphatic rings. The number of ether oxygens (including phenoxy) is 1. The van der Waals surface area contributed by atoms with Gasteiger partial charge >= 0.3 is 6.18 Å². The molecule has 29 heteroatoms. The average molecular weight is 1740 g/mol. The molecule has 16 aromatic rings. The van der Waals surface area contributed by atoms with Gasteiger partial charge in [-0.05, 0) is 185 Å². The van der Waals surface area contributed by atoms with E-state index < -0.39 is 11.7 Å². The van der Waals surface area contributed by atoms with Crippen LogP contribution in [0, 0.1) is 13.8 Å². The van der Waals surface area contributed by atoms with Crippen LogP contribution >= 0.6 is 0 Å². The maximum absolute atomic E-state index is 12.9. The van der Waals surface area contributed by atoms with E-state index in [1.54, 1.807) is 26.2 Å². The Hall–Kier alpha value is -14.3. The number of alkyl halides is 3. The number of methoxy groups -OCH3 is 1. The fourth-order valence-corrected chi connectivity index (χ4v) is 14.2. The lowest BCUT2D eigenvalue weighted by atomic mass is 10.1. The third kappa shape index (κ3) is 26.9. The van der Waals surface area contributed by atoms with Gasteiger partial charge in [0, 0.05) is 81.6 Å². The zero-order valence-electron chi connectivity index (χ0n) is 74.8. The van der Waals surface area contributed by atoms with E-state index in [0.29, 0.717) is 60.6 Å². The molecule has 666 valence electrons. The summed E-state index contributed by atoms with van der Waals surface area (Å²) in [6, 6.07) is 83.1. The summed E-state index contributed by atoms with van der Waals surface area (Å²) in [4.78, 5) is 64.9. The molecule has 10 aromatic carbocycles. The van der Waals surface area contributed by atoms with Gasteiger partial charge in [0.05, 0.1) is 73.5 Å². The third-order valence-electron chi connectivity index (χ3n) is 20.1. The van der Waals surface area contributed by atoms with Gasteiger partial charge in [0.25, 0.3) is 0 Å². The summed E-state index contributed by atoms with van der Waals surface area (Å²) in [6.45, 7) is 22.7. The Morgan fingerprint density at radius 2 is 0.719 bits per heavy atom. The molecule has 0 radical (unpaired) electrons.